The van der Waals surface area contributed by atoms with Gasteiger partial charge < -0.3 is 10.3 Å². The SMILES string of the molecule is O=C(CCCc1c[nH]c2ccccc12)NCCn1cc(-c2ccncc2)c(C2CC2)n1. The molecule has 4 aromatic rings. The maximum absolute atomic E-state index is 12.3. The van der Waals surface area contributed by atoms with Crippen molar-refractivity contribution in [2.75, 3.05) is 6.54 Å². The van der Waals surface area contributed by atoms with Gasteiger partial charge in [0.05, 0.1) is 12.2 Å². The van der Waals surface area contributed by atoms with Gasteiger partial charge in [0.25, 0.3) is 0 Å². The fourth-order valence-electron chi connectivity index (χ4n) is 4.14. The lowest BCUT2D eigenvalue weighted by atomic mass is 10.1. The average Bonchev–Trinajstić information content (AvgIpc) is 3.43. The van der Waals surface area contributed by atoms with Crippen LogP contribution in [0.4, 0.5) is 0 Å². The van der Waals surface area contributed by atoms with Gasteiger partial charge in [0, 0.05) is 60.1 Å². The van der Waals surface area contributed by atoms with Crippen LogP contribution in [0.1, 0.15) is 42.9 Å². The van der Waals surface area contributed by atoms with E-state index in [1.807, 2.05) is 35.3 Å². The van der Waals surface area contributed by atoms with E-state index in [1.165, 1.54) is 35.0 Å². The smallest absolute Gasteiger partial charge is 0.220 e. The molecule has 0 spiro atoms. The number of carbonyl (C=O) groups excluding carboxylic acids is 1. The lowest BCUT2D eigenvalue weighted by Gasteiger charge is -2.05. The van der Waals surface area contributed by atoms with Crippen LogP contribution in [0, 0.1) is 0 Å². The highest BCUT2D eigenvalue weighted by Crippen LogP contribution is 2.43. The van der Waals surface area contributed by atoms with Crippen LogP contribution in [0.25, 0.3) is 22.0 Å². The molecule has 0 radical (unpaired) electrons. The van der Waals surface area contributed by atoms with Crippen LogP contribution >= 0.6 is 0 Å². The number of rotatable bonds is 9. The van der Waals surface area contributed by atoms with Crippen LogP contribution in [0.3, 0.4) is 0 Å². The number of benzene rings is 1. The third kappa shape index (κ3) is 4.53. The highest BCUT2D eigenvalue weighted by molar-refractivity contribution is 5.83. The molecule has 0 atom stereocenters. The Morgan fingerprint density at radius 3 is 2.84 bits per heavy atom. The topological polar surface area (TPSA) is 75.6 Å². The first kappa shape index (κ1) is 19.5. The van der Waals surface area contributed by atoms with E-state index in [2.05, 4.69) is 45.9 Å². The average molecular weight is 414 g/mol. The van der Waals surface area contributed by atoms with Gasteiger partial charge in [-0.2, -0.15) is 5.10 Å². The standard InChI is InChI=1S/C25H27N5O/c31-24(7-3-4-20-16-28-23-6-2-1-5-21(20)23)27-14-15-30-17-22(18-10-12-26-13-11-18)25(29-30)19-8-9-19/h1-2,5-6,10-13,16-17,19,28H,3-4,7-9,14-15H2,(H,27,31). The van der Waals surface area contributed by atoms with Crippen LogP contribution in [-0.4, -0.2) is 32.2 Å². The molecular formula is C25H27N5O. The summed E-state index contributed by atoms with van der Waals surface area (Å²) < 4.78 is 1.97. The molecule has 1 amide bonds. The number of hydrogen-bond donors (Lipinski definition) is 2. The Hall–Kier alpha value is -3.41. The maximum atomic E-state index is 12.3. The zero-order valence-corrected chi connectivity index (χ0v) is 17.6. The summed E-state index contributed by atoms with van der Waals surface area (Å²) in [5, 5.41) is 9.10. The van der Waals surface area contributed by atoms with Crippen molar-refractivity contribution in [2.45, 2.75) is 44.6 Å². The molecule has 6 nitrogen and oxygen atoms in total. The van der Waals surface area contributed by atoms with Crippen molar-refractivity contribution >= 4 is 16.8 Å². The molecule has 5 rings (SSSR count). The molecule has 0 unspecified atom stereocenters. The highest BCUT2D eigenvalue weighted by atomic mass is 16.1. The molecule has 6 heteroatoms. The van der Waals surface area contributed by atoms with E-state index >= 15 is 0 Å². The number of aromatic amines is 1. The quantitative estimate of drug-likeness (QED) is 0.426. The number of carbonyl (C=O) groups is 1. The van der Waals surface area contributed by atoms with E-state index in [0.29, 0.717) is 25.4 Å². The van der Waals surface area contributed by atoms with E-state index < -0.39 is 0 Å². The third-order valence-electron chi connectivity index (χ3n) is 5.93. The number of amides is 1. The molecule has 0 bridgehead atoms. The largest absolute Gasteiger partial charge is 0.361 e. The van der Waals surface area contributed by atoms with Crippen molar-refractivity contribution < 1.29 is 4.79 Å². The number of nitrogens with zero attached hydrogens (tertiary/aromatic N) is 3. The van der Waals surface area contributed by atoms with Gasteiger partial charge in [0.15, 0.2) is 0 Å². The van der Waals surface area contributed by atoms with E-state index in [0.717, 1.165) is 23.9 Å². The fourth-order valence-corrected chi connectivity index (χ4v) is 4.14. The van der Waals surface area contributed by atoms with Crippen molar-refractivity contribution in [1.29, 1.82) is 0 Å². The number of hydrogen-bond acceptors (Lipinski definition) is 3. The first-order chi connectivity index (χ1) is 15.3. The summed E-state index contributed by atoms with van der Waals surface area (Å²) in [5.41, 5.74) is 5.95. The third-order valence-corrected chi connectivity index (χ3v) is 5.93. The number of aryl methyl sites for hydroxylation is 1. The predicted octanol–water partition coefficient (Wildman–Crippen LogP) is 4.44. The minimum Gasteiger partial charge on any atom is -0.361 e. The Bertz CT molecular complexity index is 1170. The van der Waals surface area contributed by atoms with Gasteiger partial charge in [-0.15, -0.1) is 0 Å². The highest BCUT2D eigenvalue weighted by Gasteiger charge is 2.29. The van der Waals surface area contributed by atoms with Crippen molar-refractivity contribution in [1.82, 2.24) is 25.1 Å². The van der Waals surface area contributed by atoms with Gasteiger partial charge in [-0.3, -0.25) is 14.5 Å². The Morgan fingerprint density at radius 1 is 1.16 bits per heavy atom. The normalized spacial score (nSPS) is 13.5. The second-order valence-electron chi connectivity index (χ2n) is 8.26. The molecule has 2 N–H and O–H groups in total. The Balaban J connectivity index is 1.11. The van der Waals surface area contributed by atoms with Crippen LogP contribution in [-0.2, 0) is 17.8 Å². The Morgan fingerprint density at radius 2 is 2.00 bits per heavy atom. The minimum atomic E-state index is 0.101. The predicted molar refractivity (Wildman–Crippen MR) is 122 cm³/mol. The van der Waals surface area contributed by atoms with Crippen LogP contribution < -0.4 is 5.32 Å². The van der Waals surface area contributed by atoms with Crippen LogP contribution in [0.5, 0.6) is 0 Å². The van der Waals surface area contributed by atoms with E-state index in [9.17, 15) is 4.79 Å². The molecule has 1 aliphatic carbocycles. The number of fused-ring (bicyclic) bond motifs is 1. The van der Waals surface area contributed by atoms with Crippen molar-refractivity contribution in [3.05, 3.63) is 72.4 Å². The van der Waals surface area contributed by atoms with Crippen molar-refractivity contribution in [3.63, 3.8) is 0 Å². The van der Waals surface area contributed by atoms with Gasteiger partial charge in [-0.25, -0.2) is 0 Å². The molecule has 158 valence electrons. The number of nitrogens with one attached hydrogen (secondary N) is 2. The summed E-state index contributed by atoms with van der Waals surface area (Å²) in [4.78, 5) is 19.7. The second kappa shape index (κ2) is 8.76. The molecule has 1 saturated carbocycles. The molecule has 1 fully saturated rings. The fraction of sp³-hybridized carbons (Fsp3) is 0.320. The first-order valence-corrected chi connectivity index (χ1v) is 11.1. The summed E-state index contributed by atoms with van der Waals surface area (Å²) in [6, 6.07) is 12.3. The number of pyridine rings is 1. The van der Waals surface area contributed by atoms with Crippen molar-refractivity contribution in [3.8, 4) is 11.1 Å². The molecule has 0 saturated heterocycles. The molecule has 31 heavy (non-hydrogen) atoms. The summed E-state index contributed by atoms with van der Waals surface area (Å²) in [7, 11) is 0. The van der Waals surface area contributed by atoms with E-state index in [4.69, 9.17) is 5.10 Å². The lowest BCUT2D eigenvalue weighted by Crippen LogP contribution is -2.27. The summed E-state index contributed by atoms with van der Waals surface area (Å²) in [6.07, 6.45) is 12.5. The van der Waals surface area contributed by atoms with Gasteiger partial charge in [0.1, 0.15) is 0 Å². The first-order valence-electron chi connectivity index (χ1n) is 11.1. The summed E-state index contributed by atoms with van der Waals surface area (Å²) >= 11 is 0. The van der Waals surface area contributed by atoms with Gasteiger partial charge in [-0.05, 0) is 55.0 Å². The van der Waals surface area contributed by atoms with E-state index in [1.54, 1.807) is 0 Å². The molecular weight excluding hydrogens is 386 g/mol. The Labute approximate surface area is 181 Å². The summed E-state index contributed by atoms with van der Waals surface area (Å²) in [5.74, 6) is 0.673. The number of H-pyrrole nitrogens is 1. The number of aromatic nitrogens is 4. The molecule has 1 aliphatic rings. The van der Waals surface area contributed by atoms with Gasteiger partial charge in [-0.1, -0.05) is 18.2 Å². The molecule has 3 aromatic heterocycles. The van der Waals surface area contributed by atoms with Crippen molar-refractivity contribution in [2.24, 2.45) is 0 Å². The number of para-hydroxylation sites is 1. The zero-order chi connectivity index (χ0) is 21.0. The Kier molecular flexibility index (Phi) is 5.52. The summed E-state index contributed by atoms with van der Waals surface area (Å²) in [6.45, 7) is 1.27. The van der Waals surface area contributed by atoms with Gasteiger partial charge >= 0.3 is 0 Å². The maximum Gasteiger partial charge on any atom is 0.220 e. The molecule has 3 heterocycles. The van der Waals surface area contributed by atoms with Crippen LogP contribution in [0.2, 0.25) is 0 Å². The van der Waals surface area contributed by atoms with E-state index in [-0.39, 0.29) is 5.91 Å². The molecule has 1 aromatic carbocycles. The van der Waals surface area contributed by atoms with Crippen LogP contribution in [0.15, 0.2) is 61.2 Å². The minimum absolute atomic E-state index is 0.101. The molecule has 0 aliphatic heterocycles. The zero-order valence-electron chi connectivity index (χ0n) is 17.6. The second-order valence-corrected chi connectivity index (χ2v) is 8.26. The monoisotopic (exact) mass is 413 g/mol. The van der Waals surface area contributed by atoms with Gasteiger partial charge in [0.2, 0.25) is 5.91 Å². The lowest BCUT2D eigenvalue weighted by molar-refractivity contribution is -0.121.